The summed E-state index contributed by atoms with van der Waals surface area (Å²) in [7, 11) is 0. The molecule has 2 aromatic rings. The van der Waals surface area contributed by atoms with Gasteiger partial charge in [-0.1, -0.05) is 28.4 Å². The lowest BCUT2D eigenvalue weighted by atomic mass is 10.1. The van der Waals surface area contributed by atoms with Gasteiger partial charge in [-0.2, -0.15) is 4.98 Å². The number of rotatable bonds is 3. The molecule has 5 nitrogen and oxygen atoms in total. The summed E-state index contributed by atoms with van der Waals surface area (Å²) in [5.74, 6) is 0.930. The second-order valence-electron chi connectivity index (χ2n) is 4.39. The summed E-state index contributed by atoms with van der Waals surface area (Å²) in [5.41, 5.74) is 6.04. The van der Waals surface area contributed by atoms with Crippen LogP contribution in [-0.2, 0) is 5.41 Å². The standard InChI is InChI=1S/C11H10Cl2N4O/c12-6-3-7(13)8(15-4-6)9-16-10(18-17-9)11(5-14)1-2-11/h3-4H,1-2,5,14H2. The van der Waals surface area contributed by atoms with Gasteiger partial charge in [0.2, 0.25) is 11.7 Å². The zero-order valence-corrected chi connectivity index (χ0v) is 10.9. The molecular formula is C11H10Cl2N4O. The van der Waals surface area contributed by atoms with Gasteiger partial charge in [-0.05, 0) is 18.9 Å². The number of nitrogens with two attached hydrogens (primary N) is 1. The summed E-state index contributed by atoms with van der Waals surface area (Å²) in [4.78, 5) is 8.44. The number of aromatic nitrogens is 3. The van der Waals surface area contributed by atoms with Gasteiger partial charge in [-0.25, -0.2) is 4.98 Å². The Labute approximate surface area is 113 Å². The van der Waals surface area contributed by atoms with Crippen LogP contribution in [0.2, 0.25) is 10.0 Å². The van der Waals surface area contributed by atoms with E-state index in [0.29, 0.717) is 34.0 Å². The molecule has 2 aromatic heterocycles. The van der Waals surface area contributed by atoms with Gasteiger partial charge in [0.15, 0.2) is 0 Å². The minimum absolute atomic E-state index is 0.135. The van der Waals surface area contributed by atoms with Crippen LogP contribution in [0.1, 0.15) is 18.7 Å². The first-order chi connectivity index (χ1) is 8.64. The van der Waals surface area contributed by atoms with Gasteiger partial charge in [-0.3, -0.25) is 0 Å². The molecule has 1 aliphatic carbocycles. The van der Waals surface area contributed by atoms with Crippen LogP contribution in [-0.4, -0.2) is 21.7 Å². The van der Waals surface area contributed by atoms with Crippen molar-refractivity contribution >= 4 is 23.2 Å². The maximum absolute atomic E-state index is 6.04. The van der Waals surface area contributed by atoms with Crippen molar-refractivity contribution < 1.29 is 4.52 Å². The summed E-state index contributed by atoms with van der Waals surface area (Å²) >= 11 is 11.8. The van der Waals surface area contributed by atoms with E-state index in [4.69, 9.17) is 33.5 Å². The zero-order chi connectivity index (χ0) is 12.8. The first-order valence-corrected chi connectivity index (χ1v) is 6.26. The lowest BCUT2D eigenvalue weighted by molar-refractivity contribution is 0.347. The molecule has 0 amide bonds. The molecule has 2 N–H and O–H groups in total. The average molecular weight is 285 g/mol. The molecule has 7 heteroatoms. The quantitative estimate of drug-likeness (QED) is 0.937. The van der Waals surface area contributed by atoms with Crippen LogP contribution in [0.3, 0.4) is 0 Å². The highest BCUT2D eigenvalue weighted by Gasteiger charge is 2.48. The van der Waals surface area contributed by atoms with Crippen LogP contribution in [0.5, 0.6) is 0 Å². The Morgan fingerprint density at radius 3 is 2.78 bits per heavy atom. The Bertz CT molecular complexity index is 594. The highest BCUT2D eigenvalue weighted by molar-refractivity contribution is 6.35. The molecule has 1 aliphatic rings. The molecule has 1 fully saturated rings. The van der Waals surface area contributed by atoms with Crippen molar-refractivity contribution in [3.05, 3.63) is 28.2 Å². The van der Waals surface area contributed by atoms with E-state index in [1.165, 1.54) is 6.20 Å². The van der Waals surface area contributed by atoms with Gasteiger partial charge >= 0.3 is 0 Å². The second-order valence-corrected chi connectivity index (χ2v) is 5.24. The predicted molar refractivity (Wildman–Crippen MR) is 67.5 cm³/mol. The minimum atomic E-state index is -0.135. The summed E-state index contributed by atoms with van der Waals surface area (Å²) in [6, 6.07) is 1.59. The Morgan fingerprint density at radius 1 is 1.39 bits per heavy atom. The summed E-state index contributed by atoms with van der Waals surface area (Å²) < 4.78 is 5.25. The van der Waals surface area contributed by atoms with E-state index in [2.05, 4.69) is 15.1 Å². The van der Waals surface area contributed by atoms with E-state index in [9.17, 15) is 0 Å². The average Bonchev–Trinajstić information content (AvgIpc) is 3.00. The van der Waals surface area contributed by atoms with Gasteiger partial charge in [0.05, 0.1) is 15.5 Å². The van der Waals surface area contributed by atoms with Crippen LogP contribution in [0.15, 0.2) is 16.8 Å². The topological polar surface area (TPSA) is 77.8 Å². The molecule has 0 saturated heterocycles. The van der Waals surface area contributed by atoms with E-state index in [0.717, 1.165) is 12.8 Å². The fraction of sp³-hybridized carbons (Fsp3) is 0.364. The molecule has 0 radical (unpaired) electrons. The van der Waals surface area contributed by atoms with Crippen molar-refractivity contribution in [2.45, 2.75) is 18.3 Å². The van der Waals surface area contributed by atoms with Crippen molar-refractivity contribution in [2.24, 2.45) is 5.73 Å². The van der Waals surface area contributed by atoms with E-state index in [-0.39, 0.29) is 5.41 Å². The maximum Gasteiger partial charge on any atom is 0.234 e. The molecule has 18 heavy (non-hydrogen) atoms. The first-order valence-electron chi connectivity index (χ1n) is 5.50. The first kappa shape index (κ1) is 11.9. The molecule has 1 saturated carbocycles. The van der Waals surface area contributed by atoms with E-state index >= 15 is 0 Å². The molecular weight excluding hydrogens is 275 g/mol. The number of pyridine rings is 1. The highest BCUT2D eigenvalue weighted by atomic mass is 35.5. The monoisotopic (exact) mass is 284 g/mol. The van der Waals surface area contributed by atoms with Crippen molar-refractivity contribution in [3.63, 3.8) is 0 Å². The summed E-state index contributed by atoms with van der Waals surface area (Å²) in [5, 5.41) is 4.76. The van der Waals surface area contributed by atoms with Gasteiger partial charge < -0.3 is 10.3 Å². The smallest absolute Gasteiger partial charge is 0.234 e. The molecule has 0 unspecified atom stereocenters. The van der Waals surface area contributed by atoms with E-state index in [1.54, 1.807) is 6.07 Å². The van der Waals surface area contributed by atoms with Crippen molar-refractivity contribution in [2.75, 3.05) is 6.54 Å². The molecule has 0 aromatic carbocycles. The third-order valence-corrected chi connectivity index (χ3v) is 3.64. The van der Waals surface area contributed by atoms with Crippen LogP contribution in [0, 0.1) is 0 Å². The molecule has 0 spiro atoms. The van der Waals surface area contributed by atoms with Gasteiger partial charge in [0.1, 0.15) is 5.69 Å². The molecule has 2 heterocycles. The van der Waals surface area contributed by atoms with Gasteiger partial charge in [-0.15, -0.1) is 0 Å². The SMILES string of the molecule is NCC1(c2nc(-c3ncc(Cl)cc3Cl)no2)CC1. The van der Waals surface area contributed by atoms with Crippen LogP contribution < -0.4 is 5.73 Å². The Morgan fingerprint density at radius 2 is 2.17 bits per heavy atom. The largest absolute Gasteiger partial charge is 0.338 e. The zero-order valence-electron chi connectivity index (χ0n) is 9.36. The molecule has 94 valence electrons. The van der Waals surface area contributed by atoms with Crippen LogP contribution in [0.25, 0.3) is 11.5 Å². The number of halogens is 2. The Hall–Kier alpha value is -1.17. The summed E-state index contributed by atoms with van der Waals surface area (Å²) in [6.07, 6.45) is 3.45. The molecule has 0 bridgehead atoms. The highest BCUT2D eigenvalue weighted by Crippen LogP contribution is 2.46. The number of nitrogens with zero attached hydrogens (tertiary/aromatic N) is 3. The Kier molecular flexibility index (Phi) is 2.77. The third-order valence-electron chi connectivity index (χ3n) is 3.14. The van der Waals surface area contributed by atoms with Crippen molar-refractivity contribution in [3.8, 4) is 11.5 Å². The van der Waals surface area contributed by atoms with Gasteiger partial charge in [0, 0.05) is 12.7 Å². The predicted octanol–water partition coefficient (Wildman–Crippen LogP) is 2.43. The van der Waals surface area contributed by atoms with E-state index < -0.39 is 0 Å². The molecule has 0 aliphatic heterocycles. The van der Waals surface area contributed by atoms with Gasteiger partial charge in [0.25, 0.3) is 0 Å². The van der Waals surface area contributed by atoms with Crippen LogP contribution in [0.4, 0.5) is 0 Å². The van der Waals surface area contributed by atoms with E-state index in [1.807, 2.05) is 0 Å². The van der Waals surface area contributed by atoms with Crippen molar-refractivity contribution in [1.82, 2.24) is 15.1 Å². The molecule has 3 rings (SSSR count). The lowest BCUT2D eigenvalue weighted by Crippen LogP contribution is -2.19. The number of hydrogen-bond donors (Lipinski definition) is 1. The Balaban J connectivity index is 1.98. The van der Waals surface area contributed by atoms with Crippen molar-refractivity contribution in [1.29, 1.82) is 0 Å². The fourth-order valence-electron chi connectivity index (χ4n) is 1.77. The fourth-order valence-corrected chi connectivity index (χ4v) is 2.23. The number of hydrogen-bond acceptors (Lipinski definition) is 5. The second kappa shape index (κ2) is 4.19. The van der Waals surface area contributed by atoms with Crippen LogP contribution >= 0.6 is 23.2 Å². The maximum atomic E-state index is 6.04. The summed E-state index contributed by atoms with van der Waals surface area (Å²) in [6.45, 7) is 0.510. The third kappa shape index (κ3) is 1.88. The minimum Gasteiger partial charge on any atom is -0.338 e. The lowest BCUT2D eigenvalue weighted by Gasteiger charge is -2.03. The molecule has 0 atom stereocenters. The normalized spacial score (nSPS) is 16.8.